The summed E-state index contributed by atoms with van der Waals surface area (Å²) >= 11 is 3.14. The second-order valence-electron chi connectivity index (χ2n) is 2.11. The highest BCUT2D eigenvalue weighted by Crippen LogP contribution is 2.08. The van der Waals surface area contributed by atoms with Crippen LogP contribution in [0.5, 0.6) is 0 Å². The Morgan fingerprint density at radius 1 is 1.08 bits per heavy atom. The van der Waals surface area contributed by atoms with Crippen molar-refractivity contribution >= 4 is 28.4 Å². The highest BCUT2D eigenvalue weighted by molar-refractivity contribution is 9.12. The molecule has 0 aliphatic rings. The third kappa shape index (κ3) is 5.99. The minimum Gasteiger partial charge on any atom is -0.255 e. The van der Waals surface area contributed by atoms with Crippen LogP contribution in [0.4, 0.5) is 0 Å². The average Bonchev–Trinajstić information content (AvgIpc) is 2.10. The molecule has 0 bridgehead atoms. The first kappa shape index (κ1) is 11.8. The normalized spacial score (nSPS) is 10.5. The molecule has 3 heteroatoms. The van der Waals surface area contributed by atoms with Crippen molar-refractivity contribution in [3.63, 3.8) is 0 Å². The lowest BCUT2D eigenvalue weighted by Crippen LogP contribution is -1.81. The van der Waals surface area contributed by atoms with Crippen LogP contribution in [0.1, 0.15) is 0 Å². The van der Waals surface area contributed by atoms with Gasteiger partial charge in [-0.15, -0.1) is 0 Å². The zero-order valence-electron chi connectivity index (χ0n) is 7.33. The number of hydrogen-bond acceptors (Lipinski definition) is 2. The molecule has 0 spiro atoms. The maximum atomic E-state index is 3.96. The van der Waals surface area contributed by atoms with Crippen LogP contribution in [0.3, 0.4) is 0 Å². The fourth-order valence-corrected chi connectivity index (χ4v) is 0.542. The van der Waals surface area contributed by atoms with E-state index in [0.717, 1.165) is 0 Å². The molecule has 13 heavy (non-hydrogen) atoms. The summed E-state index contributed by atoms with van der Waals surface area (Å²) in [5, 5.41) is 0. The van der Waals surface area contributed by atoms with Gasteiger partial charge in [-0.25, -0.2) is 0 Å². The van der Waals surface area contributed by atoms with E-state index in [1.54, 1.807) is 6.08 Å². The molecular formula is C10H11BrN2. The fourth-order valence-electron chi connectivity index (χ4n) is 0.440. The molecule has 0 radical (unpaired) electrons. The van der Waals surface area contributed by atoms with Gasteiger partial charge in [0, 0.05) is 16.9 Å². The van der Waals surface area contributed by atoms with E-state index in [0.29, 0.717) is 15.9 Å². The largest absolute Gasteiger partial charge is 0.255 e. The first-order valence-corrected chi connectivity index (χ1v) is 4.29. The number of nitrogens with zero attached hydrogens (tertiary/aromatic N) is 2. The zero-order chi connectivity index (χ0) is 10.3. The van der Waals surface area contributed by atoms with Crippen LogP contribution in [-0.2, 0) is 0 Å². The number of aliphatic imine (C=N–C) groups is 2. The number of halogens is 1. The van der Waals surface area contributed by atoms with Gasteiger partial charge in [0.1, 0.15) is 0 Å². The predicted octanol–water partition coefficient (Wildman–Crippen LogP) is 3.25. The van der Waals surface area contributed by atoms with Crippen molar-refractivity contribution in [2.75, 3.05) is 0 Å². The molecule has 0 saturated heterocycles. The minimum absolute atomic E-state index is 0.499. The number of rotatable bonds is 5. The molecule has 0 saturated carbocycles. The summed E-state index contributed by atoms with van der Waals surface area (Å²) in [5.41, 5.74) is 1.00. The van der Waals surface area contributed by atoms with E-state index in [4.69, 9.17) is 0 Å². The van der Waals surface area contributed by atoms with Gasteiger partial charge in [-0.1, -0.05) is 32.4 Å². The highest BCUT2D eigenvalue weighted by Gasteiger charge is 1.92. The number of hydrogen-bond donors (Lipinski definition) is 0. The smallest absolute Gasteiger partial charge is 0.0808 e. The van der Waals surface area contributed by atoms with Crippen molar-refractivity contribution < 1.29 is 0 Å². The molecule has 0 aliphatic carbocycles. The average molecular weight is 239 g/mol. The Balaban J connectivity index is 4.28. The maximum absolute atomic E-state index is 3.96. The highest BCUT2D eigenvalue weighted by atomic mass is 79.9. The van der Waals surface area contributed by atoms with Gasteiger partial charge in [0.2, 0.25) is 0 Å². The van der Waals surface area contributed by atoms with Crippen LogP contribution < -0.4 is 0 Å². The van der Waals surface area contributed by atoms with Crippen LogP contribution >= 0.6 is 15.9 Å². The molecule has 0 heterocycles. The van der Waals surface area contributed by atoms with E-state index in [1.807, 2.05) is 0 Å². The van der Waals surface area contributed by atoms with Gasteiger partial charge < -0.3 is 0 Å². The first-order valence-electron chi connectivity index (χ1n) is 3.49. The Hall–Kier alpha value is -1.22. The van der Waals surface area contributed by atoms with Crippen molar-refractivity contribution in [1.29, 1.82) is 0 Å². The molecule has 0 aliphatic heterocycles. The van der Waals surface area contributed by atoms with Gasteiger partial charge in [-0.05, 0) is 15.9 Å². The van der Waals surface area contributed by atoms with E-state index in [-0.39, 0.29) is 0 Å². The van der Waals surface area contributed by atoms with Crippen molar-refractivity contribution in [1.82, 2.24) is 0 Å². The molecule has 0 amide bonds. The van der Waals surface area contributed by atoms with Crippen molar-refractivity contribution in [3.05, 3.63) is 48.3 Å². The molecule has 0 atom stereocenters. The minimum atomic E-state index is 0.499. The molecule has 0 aromatic heterocycles. The van der Waals surface area contributed by atoms with Gasteiger partial charge in [-0.3, -0.25) is 9.98 Å². The molecule has 0 aromatic carbocycles. The molecule has 0 N–H and O–H groups in total. The quantitative estimate of drug-likeness (QED) is 0.519. The zero-order valence-corrected chi connectivity index (χ0v) is 8.92. The first-order chi connectivity index (χ1) is 6.07. The van der Waals surface area contributed by atoms with Gasteiger partial charge in [0.05, 0.1) is 11.4 Å². The standard InChI is InChI=1S/C10H11BrN2/c1-5-6-12-9(3)10(4)13-7-8(2)11/h5-7H,1-4H2. The Morgan fingerprint density at radius 2 is 1.62 bits per heavy atom. The third-order valence-electron chi connectivity index (χ3n) is 1.03. The van der Waals surface area contributed by atoms with Crippen molar-refractivity contribution in [3.8, 4) is 0 Å². The molecule has 0 rings (SSSR count). The lowest BCUT2D eigenvalue weighted by molar-refractivity contribution is 1.28. The van der Waals surface area contributed by atoms with Gasteiger partial charge in [0.25, 0.3) is 0 Å². The summed E-state index contributed by atoms with van der Waals surface area (Å²) in [7, 11) is 0. The summed E-state index contributed by atoms with van der Waals surface area (Å²) < 4.78 is 0.675. The van der Waals surface area contributed by atoms with E-state index in [1.165, 1.54) is 12.4 Å². The molecule has 2 nitrogen and oxygen atoms in total. The van der Waals surface area contributed by atoms with Crippen molar-refractivity contribution in [2.24, 2.45) is 9.98 Å². The van der Waals surface area contributed by atoms with Crippen LogP contribution in [0.2, 0.25) is 0 Å². The van der Waals surface area contributed by atoms with Crippen molar-refractivity contribution in [2.45, 2.75) is 0 Å². The van der Waals surface area contributed by atoms with E-state index >= 15 is 0 Å². The van der Waals surface area contributed by atoms with Gasteiger partial charge >= 0.3 is 0 Å². The van der Waals surface area contributed by atoms with Crippen LogP contribution in [0, 0.1) is 0 Å². The summed E-state index contributed by atoms with van der Waals surface area (Å²) in [6.45, 7) is 14.4. The summed E-state index contributed by atoms with van der Waals surface area (Å²) in [4.78, 5) is 7.89. The van der Waals surface area contributed by atoms with Crippen LogP contribution in [-0.4, -0.2) is 12.4 Å². The van der Waals surface area contributed by atoms with E-state index in [2.05, 4.69) is 52.2 Å². The molecule has 0 fully saturated rings. The van der Waals surface area contributed by atoms with Crippen LogP contribution in [0.25, 0.3) is 0 Å². The van der Waals surface area contributed by atoms with E-state index < -0.39 is 0 Å². The third-order valence-corrected chi connectivity index (χ3v) is 1.23. The lowest BCUT2D eigenvalue weighted by Gasteiger charge is -1.95. The Kier molecular flexibility index (Phi) is 5.72. The van der Waals surface area contributed by atoms with E-state index in [9.17, 15) is 0 Å². The monoisotopic (exact) mass is 238 g/mol. The molecule has 0 unspecified atom stereocenters. The molecular weight excluding hydrogens is 228 g/mol. The lowest BCUT2D eigenvalue weighted by atomic mass is 10.4. The van der Waals surface area contributed by atoms with Gasteiger partial charge in [0.15, 0.2) is 0 Å². The maximum Gasteiger partial charge on any atom is 0.0808 e. The summed E-state index contributed by atoms with van der Waals surface area (Å²) in [6, 6.07) is 0. The second-order valence-corrected chi connectivity index (χ2v) is 3.13. The molecule has 0 aromatic rings. The number of allylic oxidation sites excluding steroid dienone is 2. The summed E-state index contributed by atoms with van der Waals surface area (Å²) in [5.74, 6) is 0. The Morgan fingerprint density at radius 3 is 2.08 bits per heavy atom. The molecule has 68 valence electrons. The topological polar surface area (TPSA) is 24.7 Å². The Labute approximate surface area is 86.9 Å². The SMILES string of the molecule is C=CC=NC(=C)C(=C)N=CC(=C)Br. The van der Waals surface area contributed by atoms with Gasteiger partial charge in [-0.2, -0.15) is 0 Å². The predicted molar refractivity (Wildman–Crippen MR) is 63.5 cm³/mol. The summed E-state index contributed by atoms with van der Waals surface area (Å²) in [6.07, 6.45) is 4.63. The second kappa shape index (κ2) is 6.31. The Bertz CT molecular complexity index is 298. The van der Waals surface area contributed by atoms with Crippen LogP contribution in [0.15, 0.2) is 58.3 Å². The fraction of sp³-hybridized carbons (Fsp3) is 0.